The van der Waals surface area contributed by atoms with Crippen LogP contribution < -0.4 is 10.5 Å². The van der Waals surface area contributed by atoms with E-state index in [9.17, 15) is 9.18 Å². The number of hydrogen-bond acceptors (Lipinski definition) is 4. The fraction of sp³-hybridized carbons (Fsp3) is 0.364. The number of benzene rings is 1. The third kappa shape index (κ3) is 3.69. The van der Waals surface area contributed by atoms with Gasteiger partial charge in [-0.2, -0.15) is 0 Å². The van der Waals surface area contributed by atoms with Gasteiger partial charge in [0, 0.05) is 45.0 Å². The van der Waals surface area contributed by atoms with Gasteiger partial charge in [-0.25, -0.2) is 9.37 Å². The van der Waals surface area contributed by atoms with Crippen LogP contribution in [0.15, 0.2) is 45.7 Å². The Hall–Kier alpha value is -2.25. The van der Waals surface area contributed by atoms with E-state index in [0.717, 1.165) is 54.2 Å². The molecule has 4 rings (SSSR count). The van der Waals surface area contributed by atoms with Gasteiger partial charge in [0.05, 0.1) is 11.2 Å². The molecule has 2 aromatic heterocycles. The lowest BCUT2D eigenvalue weighted by molar-refractivity contribution is 0.198. The first-order chi connectivity index (χ1) is 13.9. The number of rotatable bonds is 3. The van der Waals surface area contributed by atoms with E-state index in [1.807, 2.05) is 31.2 Å². The van der Waals surface area contributed by atoms with Crippen molar-refractivity contribution >= 4 is 32.7 Å². The van der Waals surface area contributed by atoms with Crippen molar-refractivity contribution in [2.75, 3.05) is 31.1 Å². The SMILES string of the molecule is Cc1ccc2c(n1)c(N1CCN(C(C)c3ccc(F)cc3)CC1)c(Br)c(=O)n2C. The van der Waals surface area contributed by atoms with Gasteiger partial charge in [-0.1, -0.05) is 12.1 Å². The van der Waals surface area contributed by atoms with Gasteiger partial charge in [-0.3, -0.25) is 9.69 Å². The van der Waals surface area contributed by atoms with Gasteiger partial charge in [0.1, 0.15) is 15.8 Å². The van der Waals surface area contributed by atoms with E-state index < -0.39 is 0 Å². The van der Waals surface area contributed by atoms with Crippen molar-refractivity contribution in [3.8, 4) is 0 Å². The van der Waals surface area contributed by atoms with Crippen molar-refractivity contribution in [2.24, 2.45) is 7.05 Å². The van der Waals surface area contributed by atoms with Gasteiger partial charge in [0.25, 0.3) is 5.56 Å². The molecule has 0 spiro atoms. The van der Waals surface area contributed by atoms with E-state index in [4.69, 9.17) is 4.98 Å². The Kier molecular flexibility index (Phi) is 5.44. The summed E-state index contributed by atoms with van der Waals surface area (Å²) in [6.45, 7) is 7.41. The second-order valence-electron chi connectivity index (χ2n) is 7.60. The molecule has 1 aliphatic heterocycles. The van der Waals surface area contributed by atoms with Crippen LogP contribution in [0.5, 0.6) is 0 Å². The standard InChI is InChI=1S/C22H24BrFN4O/c1-14-4-9-18-20(25-14)21(19(23)22(29)26(18)3)28-12-10-27(11-13-28)15(2)16-5-7-17(24)8-6-16/h4-9,15H,10-13H2,1-3H3. The number of hydrogen-bond donors (Lipinski definition) is 0. The summed E-state index contributed by atoms with van der Waals surface area (Å²) < 4.78 is 15.4. The third-order valence-electron chi connectivity index (χ3n) is 5.83. The second-order valence-corrected chi connectivity index (χ2v) is 8.39. The van der Waals surface area contributed by atoms with E-state index in [1.54, 1.807) is 11.6 Å². The Morgan fingerprint density at radius 2 is 1.72 bits per heavy atom. The molecule has 1 saturated heterocycles. The number of nitrogens with zero attached hydrogens (tertiary/aromatic N) is 4. The number of aromatic nitrogens is 2. The van der Waals surface area contributed by atoms with E-state index in [2.05, 4.69) is 32.7 Å². The molecule has 3 heterocycles. The fourth-order valence-electron chi connectivity index (χ4n) is 4.03. The zero-order chi connectivity index (χ0) is 20.7. The normalized spacial score (nSPS) is 16.4. The monoisotopic (exact) mass is 458 g/mol. The molecule has 3 aromatic rings. The van der Waals surface area contributed by atoms with Crippen molar-refractivity contribution < 1.29 is 4.39 Å². The summed E-state index contributed by atoms with van der Waals surface area (Å²) in [4.78, 5) is 22.1. The number of aryl methyl sites for hydroxylation is 2. The van der Waals surface area contributed by atoms with Gasteiger partial charge in [0.2, 0.25) is 0 Å². The van der Waals surface area contributed by atoms with Crippen molar-refractivity contribution in [3.05, 3.63) is 68.3 Å². The molecule has 0 aliphatic carbocycles. The average Bonchev–Trinajstić information content (AvgIpc) is 2.73. The van der Waals surface area contributed by atoms with Crippen molar-refractivity contribution in [1.82, 2.24) is 14.5 Å². The van der Waals surface area contributed by atoms with Crippen LogP contribution in [0, 0.1) is 12.7 Å². The Morgan fingerprint density at radius 1 is 1.07 bits per heavy atom. The maximum absolute atomic E-state index is 13.2. The van der Waals surface area contributed by atoms with Crippen LogP contribution in [-0.2, 0) is 7.05 Å². The molecule has 1 atom stereocenters. The van der Waals surface area contributed by atoms with Crippen LogP contribution in [0.4, 0.5) is 10.1 Å². The van der Waals surface area contributed by atoms with Gasteiger partial charge in [-0.05, 0) is 59.6 Å². The summed E-state index contributed by atoms with van der Waals surface area (Å²) in [6, 6.07) is 10.8. The molecule has 152 valence electrons. The van der Waals surface area contributed by atoms with Crippen LogP contribution in [0.1, 0.15) is 24.2 Å². The Bertz CT molecular complexity index is 1100. The van der Waals surface area contributed by atoms with Gasteiger partial charge < -0.3 is 9.47 Å². The molecule has 29 heavy (non-hydrogen) atoms. The third-order valence-corrected chi connectivity index (χ3v) is 6.54. The molecule has 7 heteroatoms. The Balaban J connectivity index is 1.62. The number of halogens is 2. The predicted molar refractivity (Wildman–Crippen MR) is 118 cm³/mol. The first-order valence-corrected chi connectivity index (χ1v) is 10.6. The van der Waals surface area contributed by atoms with Crippen LogP contribution in [0.3, 0.4) is 0 Å². The highest BCUT2D eigenvalue weighted by Gasteiger charge is 2.26. The van der Waals surface area contributed by atoms with E-state index in [0.29, 0.717) is 4.47 Å². The maximum Gasteiger partial charge on any atom is 0.267 e. The largest absolute Gasteiger partial charge is 0.366 e. The molecular weight excluding hydrogens is 435 g/mol. The van der Waals surface area contributed by atoms with E-state index in [-0.39, 0.29) is 17.4 Å². The zero-order valence-electron chi connectivity index (χ0n) is 16.8. The average molecular weight is 459 g/mol. The molecule has 0 radical (unpaired) electrons. The van der Waals surface area contributed by atoms with Gasteiger partial charge in [-0.15, -0.1) is 0 Å². The molecule has 5 nitrogen and oxygen atoms in total. The molecule has 0 bridgehead atoms. The highest BCUT2D eigenvalue weighted by molar-refractivity contribution is 9.10. The highest BCUT2D eigenvalue weighted by atomic mass is 79.9. The summed E-state index contributed by atoms with van der Waals surface area (Å²) >= 11 is 3.54. The maximum atomic E-state index is 13.2. The minimum Gasteiger partial charge on any atom is -0.366 e. The molecule has 1 unspecified atom stereocenters. The predicted octanol–water partition coefficient (Wildman–Crippen LogP) is 4.03. The second kappa shape index (κ2) is 7.88. The van der Waals surface area contributed by atoms with Crippen LogP contribution in [0.2, 0.25) is 0 Å². The van der Waals surface area contributed by atoms with Crippen molar-refractivity contribution in [3.63, 3.8) is 0 Å². The Labute approximate surface area is 177 Å². The van der Waals surface area contributed by atoms with Gasteiger partial charge in [0.15, 0.2) is 0 Å². The molecule has 1 fully saturated rings. The minimum absolute atomic E-state index is 0.0553. The van der Waals surface area contributed by atoms with Crippen molar-refractivity contribution in [2.45, 2.75) is 19.9 Å². The van der Waals surface area contributed by atoms with E-state index in [1.165, 1.54) is 12.1 Å². The lowest BCUT2D eigenvalue weighted by Crippen LogP contribution is -2.47. The van der Waals surface area contributed by atoms with Gasteiger partial charge >= 0.3 is 0 Å². The number of anilines is 1. The summed E-state index contributed by atoms with van der Waals surface area (Å²) in [5, 5.41) is 0. The topological polar surface area (TPSA) is 41.4 Å². The molecular formula is C22H24BrFN4O. The molecule has 0 amide bonds. The summed E-state index contributed by atoms with van der Waals surface area (Å²) in [7, 11) is 1.78. The summed E-state index contributed by atoms with van der Waals surface area (Å²) in [5.41, 5.74) is 4.53. The fourth-order valence-corrected chi connectivity index (χ4v) is 4.73. The first-order valence-electron chi connectivity index (χ1n) is 9.77. The minimum atomic E-state index is -0.212. The van der Waals surface area contributed by atoms with E-state index >= 15 is 0 Å². The molecule has 0 N–H and O–H groups in total. The highest BCUT2D eigenvalue weighted by Crippen LogP contribution is 2.32. The summed E-state index contributed by atoms with van der Waals surface area (Å²) in [6.07, 6.45) is 0. The first kappa shape index (κ1) is 20.0. The number of fused-ring (bicyclic) bond motifs is 1. The number of piperazine rings is 1. The quantitative estimate of drug-likeness (QED) is 0.594. The van der Waals surface area contributed by atoms with Crippen molar-refractivity contribution in [1.29, 1.82) is 0 Å². The Morgan fingerprint density at radius 3 is 2.38 bits per heavy atom. The molecule has 1 aromatic carbocycles. The summed E-state index contributed by atoms with van der Waals surface area (Å²) in [5.74, 6) is -0.212. The lowest BCUT2D eigenvalue weighted by Gasteiger charge is -2.39. The molecule has 0 saturated carbocycles. The van der Waals surface area contributed by atoms with Crippen LogP contribution >= 0.6 is 15.9 Å². The molecule has 1 aliphatic rings. The lowest BCUT2D eigenvalue weighted by atomic mass is 10.1. The van der Waals surface area contributed by atoms with Crippen LogP contribution in [-0.4, -0.2) is 40.6 Å². The van der Waals surface area contributed by atoms with Crippen LogP contribution in [0.25, 0.3) is 11.0 Å². The smallest absolute Gasteiger partial charge is 0.267 e. The zero-order valence-corrected chi connectivity index (χ0v) is 18.4. The number of pyridine rings is 2.